The van der Waals surface area contributed by atoms with Gasteiger partial charge in [0.25, 0.3) is 0 Å². The Bertz CT molecular complexity index is 557. The summed E-state index contributed by atoms with van der Waals surface area (Å²) in [6, 6.07) is 6.16. The minimum Gasteiger partial charge on any atom is -0.508 e. The van der Waals surface area contributed by atoms with Crippen LogP contribution in [0, 0.1) is 0 Å². The molecule has 106 valence electrons. The molecule has 1 spiro atoms. The second-order valence-corrected chi connectivity index (χ2v) is 5.34. The Hall–Kier alpha value is -2.24. The zero-order valence-electron chi connectivity index (χ0n) is 10.9. The van der Waals surface area contributed by atoms with Gasteiger partial charge in [-0.25, -0.2) is 4.79 Å². The van der Waals surface area contributed by atoms with Crippen molar-refractivity contribution >= 4 is 12.0 Å². The lowest BCUT2D eigenvalue weighted by Crippen LogP contribution is -2.52. The van der Waals surface area contributed by atoms with Gasteiger partial charge in [0.15, 0.2) is 0 Å². The highest BCUT2D eigenvalue weighted by molar-refractivity contribution is 5.92. The standard InChI is InChI=1S/C14H16N2O4/c17-10-3-1-9(2-4-10)11-5-6-14(16(11)13(19)20)7-8-15-12(14)18/h1-4,11,17H,5-8H2,(H,15,18)(H,19,20)/t11-,14-/m1/s1. The quantitative estimate of drug-likeness (QED) is 0.724. The van der Waals surface area contributed by atoms with Crippen LogP contribution in [0.5, 0.6) is 5.75 Å². The molecular formula is C14H16N2O4. The molecule has 2 heterocycles. The second kappa shape index (κ2) is 4.40. The summed E-state index contributed by atoms with van der Waals surface area (Å²) in [4.78, 5) is 25.0. The Morgan fingerprint density at radius 1 is 1.30 bits per heavy atom. The van der Waals surface area contributed by atoms with Crippen molar-refractivity contribution in [1.29, 1.82) is 0 Å². The highest BCUT2D eigenvalue weighted by Crippen LogP contribution is 2.46. The molecule has 6 heteroatoms. The molecule has 2 aliphatic heterocycles. The molecule has 2 aliphatic rings. The summed E-state index contributed by atoms with van der Waals surface area (Å²) in [5.41, 5.74) is -0.115. The van der Waals surface area contributed by atoms with E-state index in [1.165, 1.54) is 17.0 Å². The van der Waals surface area contributed by atoms with Gasteiger partial charge in [0, 0.05) is 6.54 Å². The van der Waals surface area contributed by atoms with E-state index in [1.54, 1.807) is 12.1 Å². The first-order valence-corrected chi connectivity index (χ1v) is 6.64. The van der Waals surface area contributed by atoms with Crippen molar-refractivity contribution in [3.05, 3.63) is 29.8 Å². The van der Waals surface area contributed by atoms with Crippen molar-refractivity contribution in [2.45, 2.75) is 30.8 Å². The van der Waals surface area contributed by atoms with Gasteiger partial charge in [0.1, 0.15) is 11.3 Å². The van der Waals surface area contributed by atoms with E-state index in [-0.39, 0.29) is 17.7 Å². The van der Waals surface area contributed by atoms with Crippen LogP contribution < -0.4 is 5.32 Å². The van der Waals surface area contributed by atoms with Crippen LogP contribution >= 0.6 is 0 Å². The Morgan fingerprint density at radius 2 is 2.00 bits per heavy atom. The van der Waals surface area contributed by atoms with Gasteiger partial charge in [0.05, 0.1) is 6.04 Å². The first-order chi connectivity index (χ1) is 9.54. The molecule has 0 aliphatic carbocycles. The third kappa shape index (κ3) is 1.71. The van der Waals surface area contributed by atoms with Crippen molar-refractivity contribution < 1.29 is 19.8 Å². The van der Waals surface area contributed by atoms with Crippen LogP contribution in [-0.2, 0) is 4.79 Å². The fraction of sp³-hybridized carbons (Fsp3) is 0.429. The smallest absolute Gasteiger partial charge is 0.408 e. The molecule has 6 nitrogen and oxygen atoms in total. The van der Waals surface area contributed by atoms with E-state index in [4.69, 9.17) is 0 Å². The van der Waals surface area contributed by atoms with Crippen molar-refractivity contribution in [3.63, 3.8) is 0 Å². The summed E-state index contributed by atoms with van der Waals surface area (Å²) in [7, 11) is 0. The van der Waals surface area contributed by atoms with Crippen molar-refractivity contribution in [2.75, 3.05) is 6.54 Å². The van der Waals surface area contributed by atoms with E-state index in [0.29, 0.717) is 25.8 Å². The molecule has 3 rings (SSSR count). The van der Waals surface area contributed by atoms with Crippen LogP contribution in [0.25, 0.3) is 0 Å². The van der Waals surface area contributed by atoms with Gasteiger partial charge < -0.3 is 15.5 Å². The number of benzene rings is 1. The summed E-state index contributed by atoms with van der Waals surface area (Å²) in [6.07, 6.45) is 0.603. The fourth-order valence-corrected chi connectivity index (χ4v) is 3.38. The monoisotopic (exact) mass is 276 g/mol. The van der Waals surface area contributed by atoms with Gasteiger partial charge in [-0.3, -0.25) is 9.69 Å². The summed E-state index contributed by atoms with van der Waals surface area (Å²) < 4.78 is 0. The number of hydrogen-bond donors (Lipinski definition) is 3. The van der Waals surface area contributed by atoms with Crippen LogP contribution in [0.15, 0.2) is 24.3 Å². The number of carbonyl (C=O) groups excluding carboxylic acids is 1. The van der Waals surface area contributed by atoms with E-state index in [1.807, 2.05) is 0 Å². The molecule has 0 radical (unpaired) electrons. The molecule has 3 N–H and O–H groups in total. The van der Waals surface area contributed by atoms with E-state index < -0.39 is 11.6 Å². The number of phenolic OH excluding ortho intramolecular Hbond substituents is 1. The Morgan fingerprint density at radius 3 is 2.55 bits per heavy atom. The number of aromatic hydroxyl groups is 1. The molecule has 2 amide bonds. The van der Waals surface area contributed by atoms with E-state index in [0.717, 1.165) is 5.56 Å². The number of rotatable bonds is 1. The highest BCUT2D eigenvalue weighted by atomic mass is 16.4. The predicted octanol–water partition coefficient (Wildman–Crippen LogP) is 1.47. The highest BCUT2D eigenvalue weighted by Gasteiger charge is 2.56. The van der Waals surface area contributed by atoms with Gasteiger partial charge in [-0.15, -0.1) is 0 Å². The molecule has 0 aromatic heterocycles. The SMILES string of the molecule is O=C(O)N1[C@@H](c2ccc(O)cc2)CC[C@]12CCNC2=O. The molecular weight excluding hydrogens is 260 g/mol. The predicted molar refractivity (Wildman–Crippen MR) is 70.3 cm³/mol. The Labute approximate surface area is 116 Å². The molecule has 1 aromatic rings. The number of likely N-dealkylation sites (tertiary alicyclic amines) is 1. The average molecular weight is 276 g/mol. The van der Waals surface area contributed by atoms with Gasteiger partial charge in [-0.05, 0) is 37.0 Å². The number of nitrogens with zero attached hydrogens (tertiary/aromatic N) is 1. The lowest BCUT2D eigenvalue weighted by Gasteiger charge is -2.34. The van der Waals surface area contributed by atoms with Gasteiger partial charge in [0.2, 0.25) is 5.91 Å². The van der Waals surface area contributed by atoms with Crippen LogP contribution in [-0.4, -0.2) is 39.2 Å². The van der Waals surface area contributed by atoms with Gasteiger partial charge in [-0.1, -0.05) is 12.1 Å². The van der Waals surface area contributed by atoms with Crippen LogP contribution in [0.2, 0.25) is 0 Å². The van der Waals surface area contributed by atoms with Crippen LogP contribution in [0.1, 0.15) is 30.9 Å². The summed E-state index contributed by atoms with van der Waals surface area (Å²) in [6.45, 7) is 0.519. The third-order valence-electron chi connectivity index (χ3n) is 4.33. The zero-order valence-corrected chi connectivity index (χ0v) is 10.9. The van der Waals surface area contributed by atoms with Gasteiger partial charge >= 0.3 is 6.09 Å². The fourth-order valence-electron chi connectivity index (χ4n) is 3.38. The third-order valence-corrected chi connectivity index (χ3v) is 4.33. The Kier molecular flexibility index (Phi) is 2.81. The normalized spacial score (nSPS) is 28.9. The second-order valence-electron chi connectivity index (χ2n) is 5.34. The zero-order chi connectivity index (χ0) is 14.3. The molecule has 20 heavy (non-hydrogen) atoms. The lowest BCUT2D eigenvalue weighted by molar-refractivity contribution is -0.128. The largest absolute Gasteiger partial charge is 0.508 e. The molecule has 0 bridgehead atoms. The Balaban J connectivity index is 1.99. The van der Waals surface area contributed by atoms with Crippen LogP contribution in [0.3, 0.4) is 0 Å². The molecule has 1 aromatic carbocycles. The first kappa shape index (κ1) is 12.8. The number of hydrogen-bond acceptors (Lipinski definition) is 3. The maximum absolute atomic E-state index is 12.1. The first-order valence-electron chi connectivity index (χ1n) is 6.64. The summed E-state index contributed by atoms with van der Waals surface area (Å²) >= 11 is 0. The van der Waals surface area contributed by atoms with Gasteiger partial charge in [-0.2, -0.15) is 0 Å². The topological polar surface area (TPSA) is 89.9 Å². The van der Waals surface area contributed by atoms with Crippen molar-refractivity contribution in [2.24, 2.45) is 0 Å². The molecule has 0 unspecified atom stereocenters. The number of phenols is 1. The molecule has 2 saturated heterocycles. The van der Waals surface area contributed by atoms with E-state index in [2.05, 4.69) is 5.32 Å². The molecule has 0 saturated carbocycles. The van der Waals surface area contributed by atoms with Crippen molar-refractivity contribution in [1.82, 2.24) is 10.2 Å². The average Bonchev–Trinajstić information content (AvgIpc) is 2.97. The van der Waals surface area contributed by atoms with E-state index in [9.17, 15) is 19.8 Å². The number of nitrogens with one attached hydrogen (secondary N) is 1. The maximum atomic E-state index is 12.1. The number of carbonyl (C=O) groups is 2. The number of amides is 2. The minimum absolute atomic E-state index is 0.141. The lowest BCUT2D eigenvalue weighted by atomic mass is 9.95. The summed E-state index contributed by atoms with van der Waals surface area (Å²) in [5.74, 6) is -0.0527. The number of carboxylic acid groups (broad SMARTS) is 1. The van der Waals surface area contributed by atoms with E-state index >= 15 is 0 Å². The summed E-state index contributed by atoms with van der Waals surface area (Å²) in [5, 5.41) is 21.6. The van der Waals surface area contributed by atoms with Crippen molar-refractivity contribution in [3.8, 4) is 5.75 Å². The minimum atomic E-state index is -1.07. The van der Waals surface area contributed by atoms with Crippen LogP contribution in [0.4, 0.5) is 4.79 Å². The maximum Gasteiger partial charge on any atom is 0.408 e. The molecule has 2 atom stereocenters. The molecule has 2 fully saturated rings.